The van der Waals surface area contributed by atoms with Crippen LogP contribution in [0.4, 0.5) is 5.69 Å². The first-order valence-corrected chi connectivity index (χ1v) is 11.9. The molecule has 0 atom stereocenters. The highest BCUT2D eigenvalue weighted by Gasteiger charge is 2.28. The third-order valence-electron chi connectivity index (χ3n) is 4.62. The van der Waals surface area contributed by atoms with Crippen molar-refractivity contribution in [2.24, 2.45) is 4.40 Å². The zero-order valence-electron chi connectivity index (χ0n) is 19.2. The Balaban J connectivity index is 2.82. The van der Waals surface area contributed by atoms with Crippen LogP contribution in [0.3, 0.4) is 0 Å². The highest BCUT2D eigenvalue weighted by Crippen LogP contribution is 2.40. The summed E-state index contributed by atoms with van der Waals surface area (Å²) in [6.45, 7) is 5.30. The van der Waals surface area contributed by atoms with Gasteiger partial charge in [-0.3, -0.25) is 0 Å². The van der Waals surface area contributed by atoms with Gasteiger partial charge in [0.2, 0.25) is 0 Å². The molecule has 0 heterocycles. The Morgan fingerprint density at radius 1 is 1.12 bits per heavy atom. The van der Waals surface area contributed by atoms with E-state index >= 15 is 0 Å². The Morgan fingerprint density at radius 3 is 2.38 bits per heavy atom. The molecule has 0 fully saturated rings. The number of nitrogens with zero attached hydrogens (tertiary/aromatic N) is 3. The van der Waals surface area contributed by atoms with Crippen LogP contribution in [0.2, 0.25) is 0 Å². The van der Waals surface area contributed by atoms with Gasteiger partial charge in [0.15, 0.2) is 5.75 Å². The highest BCUT2D eigenvalue weighted by atomic mass is 32.2. The lowest BCUT2D eigenvalue weighted by atomic mass is 10.1. The van der Waals surface area contributed by atoms with E-state index in [1.165, 1.54) is 24.4 Å². The number of anilines is 1. The summed E-state index contributed by atoms with van der Waals surface area (Å²) in [6.07, 6.45) is 3.04. The minimum atomic E-state index is -4.19. The fourth-order valence-electron chi connectivity index (χ4n) is 2.97. The van der Waals surface area contributed by atoms with Gasteiger partial charge in [-0.1, -0.05) is 31.5 Å². The Hall–Kier alpha value is -3.07. The van der Waals surface area contributed by atoms with Crippen LogP contribution in [0.25, 0.3) is 0 Å². The standard InChI is InChI=1S/C23H31N3O5S/c1-6-8-14-26(7-2)20-15-18(23(27)30-5)16-21(32(28,29)24-17-25(3)4)22(20)31-19-12-10-9-11-13-19/h9-13,15-17H,6-8,14H2,1-5H3/b24-17+. The van der Waals surface area contributed by atoms with Crippen LogP contribution in [0.1, 0.15) is 37.0 Å². The third-order valence-corrected chi connectivity index (χ3v) is 5.85. The molecule has 0 amide bonds. The molecule has 0 aromatic heterocycles. The van der Waals surface area contributed by atoms with Crippen LogP contribution in [-0.2, 0) is 14.8 Å². The van der Waals surface area contributed by atoms with Crippen molar-refractivity contribution in [3.63, 3.8) is 0 Å². The molecule has 2 aromatic carbocycles. The third kappa shape index (κ3) is 6.46. The summed E-state index contributed by atoms with van der Waals surface area (Å²) in [5, 5.41) is 0. The first-order valence-electron chi connectivity index (χ1n) is 10.4. The number of rotatable bonds is 11. The molecule has 174 valence electrons. The molecule has 2 rings (SSSR count). The van der Waals surface area contributed by atoms with Crippen LogP contribution < -0.4 is 9.64 Å². The molecule has 0 saturated carbocycles. The molecule has 0 radical (unpaired) electrons. The molecular weight excluding hydrogens is 430 g/mol. The Labute approximate surface area is 190 Å². The Kier molecular flexibility index (Phi) is 9.07. The molecule has 0 aliphatic rings. The average molecular weight is 462 g/mol. The van der Waals surface area contributed by atoms with E-state index in [9.17, 15) is 13.2 Å². The average Bonchev–Trinajstić information content (AvgIpc) is 2.79. The van der Waals surface area contributed by atoms with E-state index in [1.807, 2.05) is 17.9 Å². The zero-order chi connectivity index (χ0) is 23.7. The van der Waals surface area contributed by atoms with E-state index in [4.69, 9.17) is 9.47 Å². The number of para-hydroxylation sites is 1. The quantitative estimate of drug-likeness (QED) is 0.282. The predicted molar refractivity (Wildman–Crippen MR) is 126 cm³/mol. The van der Waals surface area contributed by atoms with Crippen LogP contribution >= 0.6 is 0 Å². The lowest BCUT2D eigenvalue weighted by molar-refractivity contribution is 0.0600. The maximum atomic E-state index is 13.2. The lowest BCUT2D eigenvalue weighted by Crippen LogP contribution is -2.25. The Morgan fingerprint density at radius 2 is 1.81 bits per heavy atom. The summed E-state index contributed by atoms with van der Waals surface area (Å²) in [7, 11) is 0.401. The zero-order valence-corrected chi connectivity index (χ0v) is 20.1. The van der Waals surface area contributed by atoms with Crippen molar-refractivity contribution in [3.8, 4) is 11.5 Å². The van der Waals surface area contributed by atoms with Gasteiger partial charge in [-0.15, -0.1) is 4.40 Å². The molecule has 9 heteroatoms. The second kappa shape index (κ2) is 11.5. The first kappa shape index (κ1) is 25.2. The molecule has 0 N–H and O–H groups in total. The molecule has 0 aliphatic heterocycles. The molecule has 0 bridgehead atoms. The number of benzene rings is 2. The van der Waals surface area contributed by atoms with Crippen LogP contribution in [0.5, 0.6) is 11.5 Å². The Bertz CT molecular complexity index is 1040. The number of ether oxygens (including phenoxy) is 2. The smallest absolute Gasteiger partial charge is 0.337 e. The van der Waals surface area contributed by atoms with Crippen molar-refractivity contribution < 1.29 is 22.7 Å². The van der Waals surface area contributed by atoms with Crippen molar-refractivity contribution in [2.45, 2.75) is 31.6 Å². The number of methoxy groups -OCH3 is 1. The summed E-state index contributed by atoms with van der Waals surface area (Å²) < 4.78 is 41.2. The van der Waals surface area contributed by atoms with E-state index in [0.29, 0.717) is 24.5 Å². The van der Waals surface area contributed by atoms with Crippen molar-refractivity contribution in [3.05, 3.63) is 48.0 Å². The van der Waals surface area contributed by atoms with E-state index in [-0.39, 0.29) is 16.2 Å². The van der Waals surface area contributed by atoms with Gasteiger partial charge in [-0.25, -0.2) is 4.79 Å². The summed E-state index contributed by atoms with van der Waals surface area (Å²) in [4.78, 5) is 15.7. The minimum Gasteiger partial charge on any atom is -0.465 e. The van der Waals surface area contributed by atoms with E-state index in [1.54, 1.807) is 44.4 Å². The maximum Gasteiger partial charge on any atom is 0.337 e. The summed E-state index contributed by atoms with van der Waals surface area (Å²) in [5.41, 5.74) is 0.600. The van der Waals surface area contributed by atoms with Gasteiger partial charge >= 0.3 is 5.97 Å². The van der Waals surface area contributed by atoms with Gasteiger partial charge in [0, 0.05) is 27.2 Å². The second-order valence-corrected chi connectivity index (χ2v) is 8.92. The SMILES string of the molecule is CCCCN(CC)c1cc(C(=O)OC)cc(S(=O)(=O)/N=C/N(C)C)c1Oc1ccccc1. The second-order valence-electron chi connectivity index (χ2n) is 7.32. The largest absolute Gasteiger partial charge is 0.465 e. The molecule has 0 aliphatic carbocycles. The van der Waals surface area contributed by atoms with Crippen LogP contribution in [-0.4, -0.2) is 59.9 Å². The van der Waals surface area contributed by atoms with Crippen molar-refractivity contribution >= 4 is 28.0 Å². The predicted octanol–water partition coefficient (Wildman–Crippen LogP) is 4.17. The van der Waals surface area contributed by atoms with Gasteiger partial charge in [-0.2, -0.15) is 8.42 Å². The van der Waals surface area contributed by atoms with Crippen LogP contribution in [0, 0.1) is 0 Å². The molecule has 0 unspecified atom stereocenters. The number of sulfonamides is 1. The van der Waals surface area contributed by atoms with E-state index in [2.05, 4.69) is 11.3 Å². The molecule has 32 heavy (non-hydrogen) atoms. The van der Waals surface area contributed by atoms with E-state index in [0.717, 1.165) is 12.8 Å². The highest BCUT2D eigenvalue weighted by molar-refractivity contribution is 7.90. The molecule has 8 nitrogen and oxygen atoms in total. The van der Waals surface area contributed by atoms with Gasteiger partial charge < -0.3 is 19.3 Å². The topological polar surface area (TPSA) is 88.5 Å². The van der Waals surface area contributed by atoms with Crippen molar-refractivity contribution in [1.82, 2.24) is 4.90 Å². The summed E-state index contributed by atoms with van der Waals surface area (Å²) in [6, 6.07) is 11.8. The molecular formula is C23H31N3O5S. The van der Waals surface area contributed by atoms with E-state index < -0.39 is 16.0 Å². The fourth-order valence-corrected chi connectivity index (χ4v) is 4.05. The van der Waals surface area contributed by atoms with Crippen molar-refractivity contribution in [2.75, 3.05) is 39.2 Å². The number of unbranched alkanes of at least 4 members (excludes halogenated alkanes) is 1. The first-order chi connectivity index (χ1) is 15.2. The summed E-state index contributed by atoms with van der Waals surface area (Å²) >= 11 is 0. The number of esters is 1. The maximum absolute atomic E-state index is 13.2. The van der Waals surface area contributed by atoms with Crippen molar-refractivity contribution in [1.29, 1.82) is 0 Å². The molecule has 0 spiro atoms. The number of hydrogen-bond donors (Lipinski definition) is 0. The lowest BCUT2D eigenvalue weighted by Gasteiger charge is -2.27. The number of carbonyl (C=O) groups is 1. The van der Waals surface area contributed by atoms with Gasteiger partial charge in [0.05, 0.1) is 18.4 Å². The van der Waals surface area contributed by atoms with Gasteiger partial charge in [0.1, 0.15) is 17.0 Å². The number of hydrogen-bond acceptors (Lipinski definition) is 6. The molecule has 2 aromatic rings. The van der Waals surface area contributed by atoms with Gasteiger partial charge in [0.25, 0.3) is 10.0 Å². The number of carbonyl (C=O) groups excluding carboxylic acids is 1. The minimum absolute atomic E-state index is 0.108. The van der Waals surface area contributed by atoms with Crippen LogP contribution in [0.15, 0.2) is 51.8 Å². The molecule has 0 saturated heterocycles. The van der Waals surface area contributed by atoms with Gasteiger partial charge in [-0.05, 0) is 37.6 Å². The summed E-state index contributed by atoms with van der Waals surface area (Å²) in [5.74, 6) is -0.0473. The monoisotopic (exact) mass is 461 g/mol. The fraction of sp³-hybridized carbons (Fsp3) is 0.391. The normalized spacial score (nSPS) is 11.4.